The van der Waals surface area contributed by atoms with Gasteiger partial charge in [-0.3, -0.25) is 4.99 Å². The Kier molecular flexibility index (Phi) is 8.45. The molecule has 0 saturated carbocycles. The van der Waals surface area contributed by atoms with E-state index in [1.807, 2.05) is 12.1 Å². The molecule has 0 bridgehead atoms. The van der Waals surface area contributed by atoms with E-state index in [0.717, 1.165) is 77.0 Å². The highest BCUT2D eigenvalue weighted by Crippen LogP contribution is 2.18. The molecule has 3 heterocycles. The van der Waals surface area contributed by atoms with Gasteiger partial charge in [-0.2, -0.15) is 0 Å². The van der Waals surface area contributed by atoms with Crippen LogP contribution in [0.1, 0.15) is 18.6 Å². The van der Waals surface area contributed by atoms with E-state index >= 15 is 0 Å². The minimum absolute atomic E-state index is 0.544. The van der Waals surface area contributed by atoms with Gasteiger partial charge in [0.2, 0.25) is 0 Å². The first-order valence-electron chi connectivity index (χ1n) is 10.0. The molecule has 3 rings (SSSR count). The van der Waals surface area contributed by atoms with E-state index in [9.17, 15) is 0 Å². The summed E-state index contributed by atoms with van der Waals surface area (Å²) in [6, 6.07) is 3.94. The average molecular weight is 380 g/mol. The maximum atomic E-state index is 5.72. The smallest absolute Gasteiger partial charge is 0.193 e. The summed E-state index contributed by atoms with van der Waals surface area (Å²) in [4.78, 5) is 7.27. The first-order valence-corrected chi connectivity index (χ1v) is 10.0. The van der Waals surface area contributed by atoms with Crippen molar-refractivity contribution in [3.8, 4) is 0 Å². The van der Waals surface area contributed by atoms with Gasteiger partial charge in [0, 0.05) is 58.2 Å². The molecule has 1 aromatic heterocycles. The highest BCUT2D eigenvalue weighted by Gasteiger charge is 2.25. The van der Waals surface area contributed by atoms with Crippen LogP contribution in [0.15, 0.2) is 27.8 Å². The van der Waals surface area contributed by atoms with Gasteiger partial charge in [-0.1, -0.05) is 0 Å². The zero-order chi connectivity index (χ0) is 18.7. The molecule has 2 unspecified atom stereocenters. The van der Waals surface area contributed by atoms with Crippen LogP contribution in [0.5, 0.6) is 0 Å². The van der Waals surface area contributed by atoms with E-state index in [0.29, 0.717) is 25.0 Å². The van der Waals surface area contributed by atoms with Gasteiger partial charge in [-0.05, 0) is 25.0 Å². The molecule has 2 saturated heterocycles. The molecule has 1 N–H and O–H groups in total. The van der Waals surface area contributed by atoms with Crippen LogP contribution in [0.2, 0.25) is 0 Å². The third kappa shape index (κ3) is 6.83. The van der Waals surface area contributed by atoms with Crippen molar-refractivity contribution in [2.45, 2.75) is 19.3 Å². The second-order valence-corrected chi connectivity index (χ2v) is 7.32. The summed E-state index contributed by atoms with van der Waals surface area (Å²) in [7, 11) is 1.70. The van der Waals surface area contributed by atoms with Crippen LogP contribution in [0, 0.1) is 11.8 Å². The summed E-state index contributed by atoms with van der Waals surface area (Å²) in [5, 5.41) is 3.54. The van der Waals surface area contributed by atoms with Crippen molar-refractivity contribution in [1.82, 2.24) is 10.2 Å². The normalized spacial score (nSPS) is 23.3. The Morgan fingerprint density at radius 2 is 2.30 bits per heavy atom. The van der Waals surface area contributed by atoms with Crippen LogP contribution in [-0.2, 0) is 20.6 Å². The number of methoxy groups -OCH3 is 1. The fraction of sp³-hybridized carbons (Fsp3) is 0.750. The van der Waals surface area contributed by atoms with Crippen molar-refractivity contribution in [1.29, 1.82) is 0 Å². The molecule has 2 atom stereocenters. The van der Waals surface area contributed by atoms with E-state index in [-0.39, 0.29) is 0 Å². The van der Waals surface area contributed by atoms with Gasteiger partial charge in [0.05, 0.1) is 32.7 Å². The SMILES string of the molecule is COCCOCC1CCN(C(=NCC2CCOC2)NCCc2ccco2)C1. The Labute approximate surface area is 162 Å². The van der Waals surface area contributed by atoms with E-state index in [4.69, 9.17) is 23.6 Å². The van der Waals surface area contributed by atoms with Gasteiger partial charge in [0.15, 0.2) is 5.96 Å². The van der Waals surface area contributed by atoms with Gasteiger partial charge in [-0.25, -0.2) is 0 Å². The van der Waals surface area contributed by atoms with E-state index in [1.54, 1.807) is 13.4 Å². The molecule has 0 aliphatic carbocycles. The summed E-state index contributed by atoms with van der Waals surface area (Å²) in [5.74, 6) is 3.10. The molecule has 0 spiro atoms. The lowest BCUT2D eigenvalue weighted by atomic mass is 10.1. The molecule has 152 valence electrons. The summed E-state index contributed by atoms with van der Waals surface area (Å²) in [6.07, 6.45) is 4.83. The Hall–Kier alpha value is -1.57. The van der Waals surface area contributed by atoms with Gasteiger partial charge in [0.1, 0.15) is 5.76 Å². The fourth-order valence-corrected chi connectivity index (χ4v) is 3.52. The molecule has 27 heavy (non-hydrogen) atoms. The van der Waals surface area contributed by atoms with Crippen molar-refractivity contribution in [2.24, 2.45) is 16.8 Å². The number of ether oxygens (including phenoxy) is 3. The van der Waals surface area contributed by atoms with Crippen LogP contribution in [0.4, 0.5) is 0 Å². The van der Waals surface area contributed by atoms with Crippen LogP contribution in [-0.4, -0.2) is 77.2 Å². The van der Waals surface area contributed by atoms with Crippen molar-refractivity contribution >= 4 is 5.96 Å². The molecule has 2 aliphatic rings. The minimum atomic E-state index is 0.544. The Morgan fingerprint density at radius 3 is 3.07 bits per heavy atom. The fourth-order valence-electron chi connectivity index (χ4n) is 3.52. The standard InChI is InChI=1S/C20H33N3O4/c1-24-11-12-26-16-18-5-8-23(14-18)20(22-13-17-6-10-25-15-17)21-7-4-19-3-2-9-27-19/h2-3,9,17-18H,4-8,10-16H2,1H3,(H,21,22). The third-order valence-corrected chi connectivity index (χ3v) is 5.13. The van der Waals surface area contributed by atoms with Gasteiger partial charge >= 0.3 is 0 Å². The predicted molar refractivity (Wildman–Crippen MR) is 104 cm³/mol. The topological polar surface area (TPSA) is 68.5 Å². The van der Waals surface area contributed by atoms with E-state index < -0.39 is 0 Å². The van der Waals surface area contributed by atoms with Crippen LogP contribution in [0.25, 0.3) is 0 Å². The lowest BCUT2D eigenvalue weighted by molar-refractivity contribution is 0.0536. The number of hydrogen-bond acceptors (Lipinski definition) is 5. The number of hydrogen-bond donors (Lipinski definition) is 1. The zero-order valence-electron chi connectivity index (χ0n) is 16.4. The first-order chi connectivity index (χ1) is 13.3. The molecule has 0 radical (unpaired) electrons. The summed E-state index contributed by atoms with van der Waals surface area (Å²) in [5.41, 5.74) is 0. The highest BCUT2D eigenvalue weighted by molar-refractivity contribution is 5.80. The zero-order valence-corrected chi connectivity index (χ0v) is 16.4. The summed E-state index contributed by atoms with van der Waals surface area (Å²) < 4.78 is 21.7. The molecular formula is C20H33N3O4. The molecular weight excluding hydrogens is 346 g/mol. The van der Waals surface area contributed by atoms with Gasteiger partial charge in [-0.15, -0.1) is 0 Å². The molecule has 7 nitrogen and oxygen atoms in total. The Morgan fingerprint density at radius 1 is 1.33 bits per heavy atom. The van der Waals surface area contributed by atoms with Crippen molar-refractivity contribution < 1.29 is 18.6 Å². The number of nitrogens with one attached hydrogen (secondary N) is 1. The number of guanidine groups is 1. The van der Waals surface area contributed by atoms with Gasteiger partial charge in [0.25, 0.3) is 0 Å². The minimum Gasteiger partial charge on any atom is -0.469 e. The molecule has 0 amide bonds. The summed E-state index contributed by atoms with van der Waals surface area (Å²) >= 11 is 0. The van der Waals surface area contributed by atoms with E-state index in [2.05, 4.69) is 10.2 Å². The second-order valence-electron chi connectivity index (χ2n) is 7.32. The highest BCUT2D eigenvalue weighted by atomic mass is 16.5. The number of furan rings is 1. The molecule has 0 aromatic carbocycles. The maximum absolute atomic E-state index is 5.72. The number of rotatable bonds is 10. The largest absolute Gasteiger partial charge is 0.469 e. The van der Waals surface area contributed by atoms with Crippen LogP contribution in [0.3, 0.4) is 0 Å². The van der Waals surface area contributed by atoms with Crippen molar-refractivity contribution in [3.05, 3.63) is 24.2 Å². The number of nitrogens with zero attached hydrogens (tertiary/aromatic N) is 2. The lowest BCUT2D eigenvalue weighted by Crippen LogP contribution is -2.41. The molecule has 7 heteroatoms. The van der Waals surface area contributed by atoms with Crippen LogP contribution < -0.4 is 5.32 Å². The maximum Gasteiger partial charge on any atom is 0.193 e. The van der Waals surface area contributed by atoms with Gasteiger partial charge < -0.3 is 28.8 Å². The first kappa shape index (κ1) is 20.2. The molecule has 2 fully saturated rings. The monoisotopic (exact) mass is 379 g/mol. The predicted octanol–water partition coefficient (Wildman–Crippen LogP) is 1.79. The number of likely N-dealkylation sites (tertiary alicyclic amines) is 1. The summed E-state index contributed by atoms with van der Waals surface area (Å²) in [6.45, 7) is 7.46. The van der Waals surface area contributed by atoms with Crippen molar-refractivity contribution in [2.75, 3.05) is 66.3 Å². The van der Waals surface area contributed by atoms with E-state index in [1.165, 1.54) is 0 Å². The molecule has 2 aliphatic heterocycles. The van der Waals surface area contributed by atoms with Crippen molar-refractivity contribution in [3.63, 3.8) is 0 Å². The second kappa shape index (κ2) is 11.3. The molecule has 1 aromatic rings. The Balaban J connectivity index is 1.48. The Bertz CT molecular complexity index is 543. The third-order valence-electron chi connectivity index (χ3n) is 5.13. The lowest BCUT2D eigenvalue weighted by Gasteiger charge is -2.22. The van der Waals surface area contributed by atoms with Crippen LogP contribution >= 0.6 is 0 Å². The quantitative estimate of drug-likeness (QED) is 0.380. The number of aliphatic imine (C=N–C) groups is 1. The average Bonchev–Trinajstić information content (AvgIpc) is 3.44.